The molecule has 0 bridgehead atoms. The summed E-state index contributed by atoms with van der Waals surface area (Å²) < 4.78 is 42.6. The van der Waals surface area contributed by atoms with Gasteiger partial charge in [-0.25, -0.2) is 8.70 Å². The zero-order chi connectivity index (χ0) is 17.2. The number of halogens is 1. The van der Waals surface area contributed by atoms with Gasteiger partial charge in [-0.05, 0) is 37.1 Å². The Morgan fingerprint density at radius 1 is 1.61 bits per heavy atom. The van der Waals surface area contributed by atoms with Crippen LogP contribution in [0.15, 0.2) is 18.2 Å². The van der Waals surface area contributed by atoms with Gasteiger partial charge in [0, 0.05) is 19.4 Å². The maximum Gasteiger partial charge on any atom is 0.261 e. The lowest BCUT2D eigenvalue weighted by Gasteiger charge is -2.45. The van der Waals surface area contributed by atoms with Crippen molar-refractivity contribution in [3.05, 3.63) is 29.6 Å². The summed E-state index contributed by atoms with van der Waals surface area (Å²) in [6.07, 6.45) is 0.306. The molecule has 1 fully saturated rings. The molecular formula is C14H18FN2O5S-. The smallest absolute Gasteiger partial charge is 0.261 e. The number of nitrogens with one attached hydrogen (secondary N) is 1. The number of hydrogen-bond donors (Lipinski definition) is 2. The third kappa shape index (κ3) is 4.05. The molecule has 1 saturated heterocycles. The SMILES string of the molecule is CC(=O)N[C@@H]1CCO[C@@](O)(N(c2ccc(F)c(C)c2)S(=O)[O-])C1. The van der Waals surface area contributed by atoms with E-state index in [2.05, 4.69) is 5.32 Å². The molecule has 1 aliphatic rings. The third-order valence-corrected chi connectivity index (χ3v) is 4.36. The van der Waals surface area contributed by atoms with E-state index in [1.807, 2.05) is 0 Å². The Kier molecular flexibility index (Phi) is 5.35. The van der Waals surface area contributed by atoms with Gasteiger partial charge in [0.15, 0.2) is 0 Å². The molecule has 0 aromatic heterocycles. The van der Waals surface area contributed by atoms with E-state index >= 15 is 0 Å². The van der Waals surface area contributed by atoms with Crippen LogP contribution in [0, 0.1) is 12.7 Å². The van der Waals surface area contributed by atoms with Crippen molar-refractivity contribution in [3.63, 3.8) is 0 Å². The normalized spacial score (nSPS) is 25.7. The Labute approximate surface area is 135 Å². The maximum absolute atomic E-state index is 13.4. The van der Waals surface area contributed by atoms with E-state index in [1.165, 1.54) is 26.0 Å². The summed E-state index contributed by atoms with van der Waals surface area (Å²) in [5, 5.41) is 13.3. The van der Waals surface area contributed by atoms with Crippen molar-refractivity contribution in [3.8, 4) is 0 Å². The molecule has 1 heterocycles. The molecule has 9 heteroatoms. The standard InChI is InChI=1S/C14H19FN2O5S/c1-9-7-12(3-4-13(9)15)17(23(20)21)14(19)8-11(5-6-22-14)16-10(2)18/h3-4,7,11,19H,5-6,8H2,1-2H3,(H,16,18)(H,20,21)/p-1/t11-,14-/m1/s1. The van der Waals surface area contributed by atoms with Crippen LogP contribution in [0.5, 0.6) is 0 Å². The Morgan fingerprint density at radius 3 is 2.87 bits per heavy atom. The van der Waals surface area contributed by atoms with E-state index in [0.717, 1.165) is 6.07 Å². The van der Waals surface area contributed by atoms with Crippen LogP contribution in [0.3, 0.4) is 0 Å². The van der Waals surface area contributed by atoms with Gasteiger partial charge in [-0.2, -0.15) is 0 Å². The van der Waals surface area contributed by atoms with Crippen LogP contribution < -0.4 is 9.62 Å². The lowest BCUT2D eigenvalue weighted by atomic mass is 10.0. The number of benzene rings is 1. The minimum absolute atomic E-state index is 0.0648. The van der Waals surface area contributed by atoms with Crippen LogP contribution in [0.25, 0.3) is 0 Å². The molecule has 2 N–H and O–H groups in total. The molecule has 1 unspecified atom stereocenters. The molecule has 7 nitrogen and oxygen atoms in total. The first-order valence-corrected chi connectivity index (χ1v) is 8.05. The summed E-state index contributed by atoms with van der Waals surface area (Å²) >= 11 is -2.86. The highest BCUT2D eigenvalue weighted by atomic mass is 32.2. The zero-order valence-electron chi connectivity index (χ0n) is 12.7. The zero-order valence-corrected chi connectivity index (χ0v) is 13.6. The quantitative estimate of drug-likeness (QED) is 0.618. The molecular weight excluding hydrogens is 327 g/mol. The second kappa shape index (κ2) is 6.91. The largest absolute Gasteiger partial charge is 0.755 e. The number of aryl methyl sites for hydroxylation is 1. The highest BCUT2D eigenvalue weighted by Crippen LogP contribution is 2.33. The number of carbonyl (C=O) groups is 1. The molecule has 1 aliphatic heterocycles. The summed E-state index contributed by atoms with van der Waals surface area (Å²) in [7, 11) is 0. The number of carbonyl (C=O) groups excluding carboxylic acids is 1. The molecule has 128 valence electrons. The van der Waals surface area contributed by atoms with Crippen molar-refractivity contribution in [1.82, 2.24) is 5.32 Å². The topological polar surface area (TPSA) is 102 Å². The second-order valence-electron chi connectivity index (χ2n) is 5.43. The molecule has 23 heavy (non-hydrogen) atoms. The lowest BCUT2D eigenvalue weighted by molar-refractivity contribution is -0.220. The van der Waals surface area contributed by atoms with Crippen molar-refractivity contribution in [2.45, 2.75) is 38.6 Å². The third-order valence-electron chi connectivity index (χ3n) is 3.56. The van der Waals surface area contributed by atoms with E-state index < -0.39 is 29.0 Å². The van der Waals surface area contributed by atoms with E-state index in [-0.39, 0.29) is 30.2 Å². The van der Waals surface area contributed by atoms with Crippen LogP contribution in [-0.2, 0) is 20.8 Å². The fraction of sp³-hybridized carbons (Fsp3) is 0.500. The summed E-state index contributed by atoms with van der Waals surface area (Å²) in [6, 6.07) is 3.22. The molecule has 3 atom stereocenters. The molecule has 1 aromatic rings. The highest BCUT2D eigenvalue weighted by molar-refractivity contribution is 7.80. The first-order valence-electron chi connectivity index (χ1n) is 7.02. The van der Waals surface area contributed by atoms with Crippen LogP contribution in [-0.4, -0.2) is 38.3 Å². The summed E-state index contributed by atoms with van der Waals surface area (Å²) in [4.78, 5) is 11.2. The fourth-order valence-corrected chi connectivity index (χ4v) is 3.20. The van der Waals surface area contributed by atoms with Crippen LogP contribution in [0.4, 0.5) is 10.1 Å². The number of hydrogen-bond acceptors (Lipinski definition) is 5. The van der Waals surface area contributed by atoms with Gasteiger partial charge >= 0.3 is 0 Å². The number of aliphatic hydroxyl groups is 1. The monoisotopic (exact) mass is 345 g/mol. The predicted octanol–water partition coefficient (Wildman–Crippen LogP) is 0.696. The molecule has 0 radical (unpaired) electrons. The molecule has 1 aromatic carbocycles. The van der Waals surface area contributed by atoms with Crippen molar-refractivity contribution in [1.29, 1.82) is 0 Å². The van der Waals surface area contributed by atoms with Gasteiger partial charge in [0.2, 0.25) is 5.91 Å². The molecule has 0 spiro atoms. The minimum Gasteiger partial charge on any atom is -0.755 e. The fourth-order valence-electron chi connectivity index (χ4n) is 2.56. The first kappa shape index (κ1) is 17.8. The Bertz CT molecular complexity index is 629. The van der Waals surface area contributed by atoms with Crippen LogP contribution in [0.1, 0.15) is 25.3 Å². The summed E-state index contributed by atoms with van der Waals surface area (Å²) in [5.74, 6) is -2.92. The number of rotatable bonds is 4. The predicted molar refractivity (Wildman–Crippen MR) is 80.3 cm³/mol. The number of amides is 1. The first-order chi connectivity index (χ1) is 10.7. The summed E-state index contributed by atoms with van der Waals surface area (Å²) in [6.45, 7) is 2.88. The summed E-state index contributed by atoms with van der Waals surface area (Å²) in [5.41, 5.74) is 0.305. The van der Waals surface area contributed by atoms with Gasteiger partial charge < -0.3 is 19.7 Å². The van der Waals surface area contributed by atoms with E-state index in [1.54, 1.807) is 0 Å². The van der Waals surface area contributed by atoms with E-state index in [0.29, 0.717) is 10.7 Å². The lowest BCUT2D eigenvalue weighted by Crippen LogP contribution is -2.58. The number of anilines is 1. The maximum atomic E-state index is 13.4. The Hall–Kier alpha value is -1.55. The Balaban J connectivity index is 2.33. The van der Waals surface area contributed by atoms with Gasteiger partial charge in [0.25, 0.3) is 5.91 Å². The van der Waals surface area contributed by atoms with Crippen molar-refractivity contribution >= 4 is 22.9 Å². The average Bonchev–Trinajstić information content (AvgIpc) is 2.41. The van der Waals surface area contributed by atoms with Crippen molar-refractivity contribution in [2.24, 2.45) is 0 Å². The molecule has 2 rings (SSSR count). The number of ether oxygens (including phenoxy) is 1. The van der Waals surface area contributed by atoms with Gasteiger partial charge in [-0.1, -0.05) is 0 Å². The molecule has 0 aliphatic carbocycles. The molecule has 0 saturated carbocycles. The van der Waals surface area contributed by atoms with Crippen LogP contribution in [0.2, 0.25) is 0 Å². The minimum atomic E-state index is -2.86. The average molecular weight is 345 g/mol. The van der Waals surface area contributed by atoms with E-state index in [4.69, 9.17) is 4.74 Å². The highest BCUT2D eigenvalue weighted by Gasteiger charge is 2.43. The molecule has 1 amide bonds. The van der Waals surface area contributed by atoms with Gasteiger partial charge in [-0.15, -0.1) is 0 Å². The van der Waals surface area contributed by atoms with Crippen LogP contribution >= 0.6 is 0 Å². The second-order valence-corrected chi connectivity index (χ2v) is 6.23. The van der Waals surface area contributed by atoms with Gasteiger partial charge in [0.05, 0.1) is 23.6 Å². The van der Waals surface area contributed by atoms with Gasteiger partial charge in [-0.3, -0.25) is 9.00 Å². The van der Waals surface area contributed by atoms with Gasteiger partial charge in [0.1, 0.15) is 5.82 Å². The number of nitrogens with zero attached hydrogens (tertiary/aromatic N) is 1. The van der Waals surface area contributed by atoms with Crippen molar-refractivity contribution in [2.75, 3.05) is 10.9 Å². The van der Waals surface area contributed by atoms with Crippen molar-refractivity contribution < 1.29 is 27.8 Å². The van der Waals surface area contributed by atoms with E-state index in [9.17, 15) is 23.1 Å². The Morgan fingerprint density at radius 2 is 2.30 bits per heavy atom.